The van der Waals surface area contributed by atoms with Crippen LogP contribution in [0.3, 0.4) is 0 Å². The Morgan fingerprint density at radius 3 is 3.00 bits per heavy atom. The van der Waals surface area contributed by atoms with Crippen LogP contribution in [-0.4, -0.2) is 29.5 Å². The number of hydrogen-bond acceptors (Lipinski definition) is 4. The van der Waals surface area contributed by atoms with Crippen LogP contribution in [0.1, 0.15) is 5.56 Å². The van der Waals surface area contributed by atoms with E-state index < -0.39 is 0 Å². The van der Waals surface area contributed by atoms with E-state index in [9.17, 15) is 0 Å². The first-order chi connectivity index (χ1) is 10.9. The Kier molecular flexibility index (Phi) is 3.40. The van der Waals surface area contributed by atoms with Crippen molar-refractivity contribution in [3.05, 3.63) is 54.2 Å². The van der Waals surface area contributed by atoms with Gasteiger partial charge in [0.1, 0.15) is 12.7 Å². The Hall–Kier alpha value is -2.53. The van der Waals surface area contributed by atoms with Crippen LogP contribution < -0.4 is 14.8 Å². The second kappa shape index (κ2) is 5.69. The fourth-order valence-electron chi connectivity index (χ4n) is 2.66. The number of fused-ring (bicyclic) bond motifs is 3. The zero-order chi connectivity index (χ0) is 14.8. The van der Waals surface area contributed by atoms with E-state index in [2.05, 4.69) is 27.6 Å². The molecule has 4 rings (SSSR count). The van der Waals surface area contributed by atoms with Crippen molar-refractivity contribution in [1.82, 2.24) is 15.5 Å². The number of ether oxygens (including phenoxy) is 2. The van der Waals surface area contributed by atoms with Gasteiger partial charge in [0.25, 0.3) is 0 Å². The van der Waals surface area contributed by atoms with Crippen molar-refractivity contribution < 1.29 is 9.47 Å². The molecule has 0 aliphatic carbocycles. The molecular formula is C17H17N3O2. The van der Waals surface area contributed by atoms with Crippen molar-refractivity contribution in [3.63, 3.8) is 0 Å². The molecule has 2 aromatic carbocycles. The van der Waals surface area contributed by atoms with E-state index in [0.717, 1.165) is 35.5 Å². The summed E-state index contributed by atoms with van der Waals surface area (Å²) in [5.74, 6) is 1.57. The molecule has 0 radical (unpaired) electrons. The third-order valence-corrected chi connectivity index (χ3v) is 3.79. The lowest BCUT2D eigenvalue weighted by atomic mass is 10.2. The second-order valence-electron chi connectivity index (χ2n) is 5.39. The monoisotopic (exact) mass is 295 g/mol. The average Bonchev–Trinajstić information content (AvgIpc) is 3.05. The van der Waals surface area contributed by atoms with E-state index in [-0.39, 0.29) is 6.10 Å². The predicted octanol–water partition coefficient (Wildman–Crippen LogP) is 2.49. The normalized spacial score (nSPS) is 16.8. The van der Waals surface area contributed by atoms with Gasteiger partial charge in [-0.05, 0) is 17.7 Å². The summed E-state index contributed by atoms with van der Waals surface area (Å²) in [6.45, 7) is 2.12. The van der Waals surface area contributed by atoms with E-state index >= 15 is 0 Å². The molecule has 1 aromatic heterocycles. The van der Waals surface area contributed by atoms with Crippen LogP contribution in [0, 0.1) is 0 Å². The summed E-state index contributed by atoms with van der Waals surface area (Å²) in [5.41, 5.74) is 2.22. The summed E-state index contributed by atoms with van der Waals surface area (Å²) in [7, 11) is 0. The lowest BCUT2D eigenvalue weighted by Gasteiger charge is -2.27. The van der Waals surface area contributed by atoms with Crippen LogP contribution in [0.4, 0.5) is 0 Å². The molecule has 2 heterocycles. The third-order valence-electron chi connectivity index (χ3n) is 3.79. The van der Waals surface area contributed by atoms with Crippen molar-refractivity contribution in [1.29, 1.82) is 0 Å². The third kappa shape index (κ3) is 2.51. The van der Waals surface area contributed by atoms with Gasteiger partial charge in [-0.1, -0.05) is 30.3 Å². The van der Waals surface area contributed by atoms with Crippen LogP contribution in [0.25, 0.3) is 10.9 Å². The molecule has 0 fully saturated rings. The van der Waals surface area contributed by atoms with Gasteiger partial charge in [-0.15, -0.1) is 0 Å². The molecule has 0 amide bonds. The number of aromatic amines is 1. The summed E-state index contributed by atoms with van der Waals surface area (Å²) in [6.07, 6.45) is 1.77. The second-order valence-corrected chi connectivity index (χ2v) is 5.39. The van der Waals surface area contributed by atoms with Crippen LogP contribution in [-0.2, 0) is 6.54 Å². The van der Waals surface area contributed by atoms with Crippen molar-refractivity contribution in [2.75, 3.05) is 13.2 Å². The first-order valence-electron chi connectivity index (χ1n) is 7.40. The number of rotatable bonds is 4. The average molecular weight is 295 g/mol. The number of benzene rings is 2. The largest absolute Gasteiger partial charge is 0.486 e. The molecule has 22 heavy (non-hydrogen) atoms. The smallest absolute Gasteiger partial charge is 0.172 e. The molecule has 1 atom stereocenters. The highest BCUT2D eigenvalue weighted by atomic mass is 16.6. The van der Waals surface area contributed by atoms with Crippen LogP contribution >= 0.6 is 0 Å². The highest BCUT2D eigenvalue weighted by Gasteiger charge is 2.23. The molecule has 3 aromatic rings. The zero-order valence-electron chi connectivity index (χ0n) is 12.1. The summed E-state index contributed by atoms with van der Waals surface area (Å²) in [4.78, 5) is 0. The molecule has 0 bridgehead atoms. The lowest BCUT2D eigenvalue weighted by Crippen LogP contribution is -2.38. The molecule has 1 unspecified atom stereocenters. The molecule has 5 heteroatoms. The Morgan fingerprint density at radius 1 is 1.18 bits per heavy atom. The van der Waals surface area contributed by atoms with Crippen LogP contribution in [0.5, 0.6) is 11.5 Å². The number of H-pyrrole nitrogens is 1. The molecule has 2 N–H and O–H groups in total. The van der Waals surface area contributed by atoms with Crippen molar-refractivity contribution in [2.45, 2.75) is 12.6 Å². The molecule has 0 saturated carbocycles. The van der Waals surface area contributed by atoms with Crippen molar-refractivity contribution in [3.8, 4) is 11.5 Å². The Balaban J connectivity index is 1.42. The predicted molar refractivity (Wildman–Crippen MR) is 84.2 cm³/mol. The molecule has 0 saturated heterocycles. The maximum absolute atomic E-state index is 6.09. The van der Waals surface area contributed by atoms with Crippen molar-refractivity contribution in [2.24, 2.45) is 0 Å². The van der Waals surface area contributed by atoms with E-state index in [0.29, 0.717) is 6.61 Å². The van der Waals surface area contributed by atoms with Gasteiger partial charge in [0, 0.05) is 13.1 Å². The zero-order valence-corrected chi connectivity index (χ0v) is 12.1. The fourth-order valence-corrected chi connectivity index (χ4v) is 2.66. The quantitative estimate of drug-likeness (QED) is 0.776. The Bertz CT molecular complexity index is 770. The van der Waals surface area contributed by atoms with Gasteiger partial charge in [0.05, 0.1) is 17.1 Å². The van der Waals surface area contributed by atoms with Gasteiger partial charge >= 0.3 is 0 Å². The van der Waals surface area contributed by atoms with E-state index in [1.165, 1.54) is 5.56 Å². The van der Waals surface area contributed by atoms with E-state index in [4.69, 9.17) is 9.47 Å². The molecule has 1 aliphatic rings. The summed E-state index contributed by atoms with van der Waals surface area (Å²) in [5, 5.41) is 11.4. The lowest BCUT2D eigenvalue weighted by molar-refractivity contribution is 0.0922. The Morgan fingerprint density at radius 2 is 2.09 bits per heavy atom. The maximum atomic E-state index is 6.09. The topological polar surface area (TPSA) is 59.2 Å². The van der Waals surface area contributed by atoms with Gasteiger partial charge in [0.2, 0.25) is 0 Å². The van der Waals surface area contributed by atoms with Gasteiger partial charge in [0.15, 0.2) is 11.5 Å². The SMILES string of the molecule is c1ccc(CNCC2COc3ccc4[nH]ncc4c3O2)cc1. The van der Waals surface area contributed by atoms with Crippen LogP contribution in [0.15, 0.2) is 48.7 Å². The van der Waals surface area contributed by atoms with Crippen LogP contribution in [0.2, 0.25) is 0 Å². The van der Waals surface area contributed by atoms with E-state index in [1.807, 2.05) is 30.3 Å². The number of nitrogens with zero attached hydrogens (tertiary/aromatic N) is 1. The molecular weight excluding hydrogens is 278 g/mol. The van der Waals surface area contributed by atoms with Crippen molar-refractivity contribution >= 4 is 10.9 Å². The van der Waals surface area contributed by atoms with Gasteiger partial charge in [-0.2, -0.15) is 5.10 Å². The first-order valence-corrected chi connectivity index (χ1v) is 7.40. The molecule has 112 valence electrons. The summed E-state index contributed by atoms with van der Waals surface area (Å²) < 4.78 is 11.9. The van der Waals surface area contributed by atoms with E-state index in [1.54, 1.807) is 6.20 Å². The fraction of sp³-hybridized carbons (Fsp3) is 0.235. The number of nitrogens with one attached hydrogen (secondary N) is 2. The molecule has 5 nitrogen and oxygen atoms in total. The summed E-state index contributed by atoms with van der Waals surface area (Å²) in [6, 6.07) is 14.2. The standard InChI is InChI=1S/C17H17N3O2/c1-2-4-12(5-3-1)8-18-9-13-11-21-16-7-6-15-14(10-19-20-15)17(16)22-13/h1-7,10,13,18H,8-9,11H2,(H,19,20). The molecule has 1 aliphatic heterocycles. The minimum Gasteiger partial charge on any atom is -0.486 e. The molecule has 0 spiro atoms. The minimum atomic E-state index is -0.00304. The number of aromatic nitrogens is 2. The minimum absolute atomic E-state index is 0.00304. The highest BCUT2D eigenvalue weighted by molar-refractivity contribution is 5.87. The summed E-state index contributed by atoms with van der Waals surface area (Å²) >= 11 is 0. The first kappa shape index (κ1) is 13.2. The van der Waals surface area contributed by atoms with Gasteiger partial charge in [-0.3, -0.25) is 5.10 Å². The van der Waals surface area contributed by atoms with Gasteiger partial charge in [-0.25, -0.2) is 0 Å². The highest BCUT2D eigenvalue weighted by Crippen LogP contribution is 2.37. The maximum Gasteiger partial charge on any atom is 0.172 e. The Labute approximate surface area is 128 Å². The van der Waals surface area contributed by atoms with Gasteiger partial charge < -0.3 is 14.8 Å². The number of hydrogen-bond donors (Lipinski definition) is 2.